The molecule has 0 aliphatic carbocycles. The van der Waals surface area contributed by atoms with Gasteiger partial charge >= 0.3 is 6.03 Å². The second kappa shape index (κ2) is 6.47. The summed E-state index contributed by atoms with van der Waals surface area (Å²) < 4.78 is 25.9. The Morgan fingerprint density at radius 2 is 2.00 bits per heavy atom. The predicted octanol–water partition coefficient (Wildman–Crippen LogP) is 2.05. The Balaban J connectivity index is 2.71. The zero-order chi connectivity index (χ0) is 14.6. The lowest BCUT2D eigenvalue weighted by Gasteiger charge is -2.25. The van der Waals surface area contributed by atoms with Gasteiger partial charge in [-0.2, -0.15) is 0 Å². The molecule has 1 aromatic rings. The highest BCUT2D eigenvalue weighted by atomic mass is 19.2. The molecule has 0 bridgehead atoms. The van der Waals surface area contributed by atoms with Crippen LogP contribution < -0.4 is 5.32 Å². The van der Waals surface area contributed by atoms with E-state index in [1.807, 2.05) is 0 Å². The van der Waals surface area contributed by atoms with Crippen LogP contribution in [0.2, 0.25) is 0 Å². The Kier molecular flexibility index (Phi) is 5.23. The van der Waals surface area contributed by atoms with Gasteiger partial charge in [-0.15, -0.1) is 0 Å². The number of hydrogen-bond acceptors (Lipinski definition) is 2. The number of urea groups is 1. The van der Waals surface area contributed by atoms with Gasteiger partial charge in [-0.25, -0.2) is 13.6 Å². The summed E-state index contributed by atoms with van der Waals surface area (Å²) in [4.78, 5) is 13.2. The molecule has 0 heterocycles. The molecule has 1 rings (SSSR count). The third kappa shape index (κ3) is 3.89. The van der Waals surface area contributed by atoms with Gasteiger partial charge in [0.25, 0.3) is 0 Å². The molecule has 2 amide bonds. The molecule has 0 aliphatic heterocycles. The highest BCUT2D eigenvalue weighted by molar-refractivity contribution is 5.74. The Bertz CT molecular complexity index is 454. The van der Waals surface area contributed by atoms with Crippen molar-refractivity contribution >= 4 is 6.03 Å². The molecule has 2 atom stereocenters. The van der Waals surface area contributed by atoms with Gasteiger partial charge in [0.2, 0.25) is 0 Å². The zero-order valence-electron chi connectivity index (χ0n) is 11.2. The average Bonchev–Trinajstić information content (AvgIpc) is 2.39. The second-order valence-electron chi connectivity index (χ2n) is 4.49. The fourth-order valence-corrected chi connectivity index (χ4v) is 1.47. The van der Waals surface area contributed by atoms with Crippen LogP contribution in [-0.4, -0.2) is 35.7 Å². The summed E-state index contributed by atoms with van der Waals surface area (Å²) in [5.74, 6) is -1.87. The maximum Gasteiger partial charge on any atom is 0.317 e. The minimum absolute atomic E-state index is 0.149. The number of rotatable bonds is 4. The van der Waals surface area contributed by atoms with E-state index in [0.29, 0.717) is 5.56 Å². The topological polar surface area (TPSA) is 52.6 Å². The number of carbonyl (C=O) groups excluding carboxylic acids is 1. The lowest BCUT2D eigenvalue weighted by Crippen LogP contribution is -2.44. The summed E-state index contributed by atoms with van der Waals surface area (Å²) >= 11 is 0. The molecule has 0 radical (unpaired) electrons. The third-order valence-corrected chi connectivity index (χ3v) is 3.03. The second-order valence-corrected chi connectivity index (χ2v) is 4.49. The SMILES string of the molecule is CC(NC(=O)N(C)C(C)CO)c1ccc(F)c(F)c1. The highest BCUT2D eigenvalue weighted by Crippen LogP contribution is 2.16. The Morgan fingerprint density at radius 3 is 2.53 bits per heavy atom. The van der Waals surface area contributed by atoms with Gasteiger partial charge < -0.3 is 15.3 Å². The molecule has 0 spiro atoms. The number of carbonyl (C=O) groups is 1. The molecule has 0 aliphatic rings. The monoisotopic (exact) mass is 272 g/mol. The minimum atomic E-state index is -0.948. The fraction of sp³-hybridized carbons (Fsp3) is 0.462. The summed E-state index contributed by atoms with van der Waals surface area (Å²) in [5, 5.41) is 11.6. The molecule has 0 fully saturated rings. The molecule has 4 nitrogen and oxygen atoms in total. The van der Waals surface area contributed by atoms with Crippen molar-refractivity contribution < 1.29 is 18.7 Å². The number of hydrogen-bond donors (Lipinski definition) is 2. The zero-order valence-corrected chi connectivity index (χ0v) is 11.2. The summed E-state index contributed by atoms with van der Waals surface area (Å²) in [6.07, 6.45) is 0. The van der Waals surface area contributed by atoms with Crippen LogP contribution in [0.25, 0.3) is 0 Å². The van der Waals surface area contributed by atoms with E-state index >= 15 is 0 Å². The van der Waals surface area contributed by atoms with Crippen LogP contribution in [0.5, 0.6) is 0 Å². The number of halogens is 2. The van der Waals surface area contributed by atoms with E-state index in [1.165, 1.54) is 11.0 Å². The average molecular weight is 272 g/mol. The predicted molar refractivity (Wildman–Crippen MR) is 67.6 cm³/mol. The minimum Gasteiger partial charge on any atom is -0.394 e. The van der Waals surface area contributed by atoms with Crippen molar-refractivity contribution in [3.8, 4) is 0 Å². The van der Waals surface area contributed by atoms with E-state index in [2.05, 4.69) is 5.32 Å². The molecular formula is C13H18F2N2O2. The number of nitrogens with zero attached hydrogens (tertiary/aromatic N) is 1. The maximum atomic E-state index is 13.1. The summed E-state index contributed by atoms with van der Waals surface area (Å²) in [5.41, 5.74) is 0.470. The molecule has 2 unspecified atom stereocenters. The van der Waals surface area contributed by atoms with Crippen molar-refractivity contribution in [1.29, 1.82) is 0 Å². The van der Waals surface area contributed by atoms with E-state index in [4.69, 9.17) is 5.11 Å². The standard InChI is InChI=1S/C13H18F2N2O2/c1-8(7-18)17(3)13(19)16-9(2)10-4-5-11(14)12(15)6-10/h4-6,8-9,18H,7H2,1-3H3,(H,16,19). The van der Waals surface area contributed by atoms with Crippen LogP contribution in [0.15, 0.2) is 18.2 Å². The quantitative estimate of drug-likeness (QED) is 0.881. The Labute approximate surface area is 111 Å². The van der Waals surface area contributed by atoms with Crippen LogP contribution in [0.1, 0.15) is 25.5 Å². The van der Waals surface area contributed by atoms with Gasteiger partial charge in [-0.05, 0) is 31.5 Å². The molecule has 0 saturated heterocycles. The molecule has 1 aromatic carbocycles. The van der Waals surface area contributed by atoms with Crippen molar-refractivity contribution in [2.24, 2.45) is 0 Å². The highest BCUT2D eigenvalue weighted by Gasteiger charge is 2.18. The first-order valence-corrected chi connectivity index (χ1v) is 5.96. The molecule has 0 saturated carbocycles. The number of nitrogens with one attached hydrogen (secondary N) is 1. The lowest BCUT2D eigenvalue weighted by atomic mass is 10.1. The van der Waals surface area contributed by atoms with Gasteiger partial charge in [0, 0.05) is 7.05 Å². The van der Waals surface area contributed by atoms with Gasteiger partial charge in [-0.1, -0.05) is 6.07 Å². The smallest absolute Gasteiger partial charge is 0.317 e. The van der Waals surface area contributed by atoms with Gasteiger partial charge in [0.05, 0.1) is 18.7 Å². The van der Waals surface area contributed by atoms with Crippen molar-refractivity contribution in [1.82, 2.24) is 10.2 Å². The molecule has 0 aromatic heterocycles. The number of amides is 2. The number of likely N-dealkylation sites (N-methyl/N-ethyl adjacent to an activating group) is 1. The van der Waals surface area contributed by atoms with Crippen molar-refractivity contribution in [2.45, 2.75) is 25.9 Å². The number of benzene rings is 1. The van der Waals surface area contributed by atoms with E-state index in [0.717, 1.165) is 12.1 Å². The summed E-state index contributed by atoms with van der Waals surface area (Å²) in [6, 6.07) is 2.31. The van der Waals surface area contributed by atoms with Crippen molar-refractivity contribution in [3.63, 3.8) is 0 Å². The van der Waals surface area contributed by atoms with E-state index in [9.17, 15) is 13.6 Å². The molecule has 19 heavy (non-hydrogen) atoms. The Hall–Kier alpha value is -1.69. The molecule has 6 heteroatoms. The van der Waals surface area contributed by atoms with Crippen LogP contribution in [0, 0.1) is 11.6 Å². The molecular weight excluding hydrogens is 254 g/mol. The number of aliphatic hydroxyl groups is 1. The largest absolute Gasteiger partial charge is 0.394 e. The van der Waals surface area contributed by atoms with E-state index < -0.39 is 23.7 Å². The molecule has 106 valence electrons. The fourth-order valence-electron chi connectivity index (χ4n) is 1.47. The molecule has 2 N–H and O–H groups in total. The van der Waals surface area contributed by atoms with Gasteiger partial charge in [0.1, 0.15) is 0 Å². The van der Waals surface area contributed by atoms with E-state index in [1.54, 1.807) is 20.9 Å². The first-order chi connectivity index (χ1) is 8.86. The summed E-state index contributed by atoms with van der Waals surface area (Å²) in [6.45, 7) is 3.22. The first kappa shape index (κ1) is 15.4. The van der Waals surface area contributed by atoms with Crippen LogP contribution >= 0.6 is 0 Å². The maximum absolute atomic E-state index is 13.1. The summed E-state index contributed by atoms with van der Waals surface area (Å²) in [7, 11) is 1.55. The first-order valence-electron chi connectivity index (χ1n) is 5.96. The van der Waals surface area contributed by atoms with E-state index in [-0.39, 0.29) is 12.6 Å². The van der Waals surface area contributed by atoms with Gasteiger partial charge in [0.15, 0.2) is 11.6 Å². The Morgan fingerprint density at radius 1 is 1.37 bits per heavy atom. The van der Waals surface area contributed by atoms with Gasteiger partial charge in [-0.3, -0.25) is 0 Å². The van der Waals surface area contributed by atoms with Crippen molar-refractivity contribution in [2.75, 3.05) is 13.7 Å². The third-order valence-electron chi connectivity index (χ3n) is 3.03. The van der Waals surface area contributed by atoms with Crippen LogP contribution in [0.4, 0.5) is 13.6 Å². The van der Waals surface area contributed by atoms with Crippen molar-refractivity contribution in [3.05, 3.63) is 35.4 Å². The van der Waals surface area contributed by atoms with Crippen LogP contribution in [-0.2, 0) is 0 Å². The lowest BCUT2D eigenvalue weighted by molar-refractivity contribution is 0.155. The number of aliphatic hydroxyl groups excluding tert-OH is 1. The normalized spacial score (nSPS) is 13.8. The van der Waals surface area contributed by atoms with Crippen LogP contribution in [0.3, 0.4) is 0 Å².